The van der Waals surface area contributed by atoms with Gasteiger partial charge in [-0.3, -0.25) is 0 Å². The largest absolute Gasteiger partial charge is 0.506 e. The van der Waals surface area contributed by atoms with E-state index in [2.05, 4.69) is 5.32 Å². The van der Waals surface area contributed by atoms with Gasteiger partial charge in [-0.1, -0.05) is 23.7 Å². The number of benzene rings is 2. The Balaban J connectivity index is 2.31. The van der Waals surface area contributed by atoms with E-state index in [9.17, 15) is 18.3 Å². The molecule has 0 aromatic heterocycles. The standard InChI is InChI=1S/C16H16ClF3N2O/c1-22(2)13-7-6-11(16(18,19)20)8-12(13)21-9-10-4-3-5-14(23)15(10)17/h3-8,21,23H,9H2,1-2H3. The number of nitrogens with one attached hydrogen (secondary N) is 1. The molecular formula is C16H16ClF3N2O. The molecule has 0 unspecified atom stereocenters. The molecule has 0 saturated heterocycles. The highest BCUT2D eigenvalue weighted by Gasteiger charge is 2.31. The fourth-order valence-corrected chi connectivity index (χ4v) is 2.33. The topological polar surface area (TPSA) is 35.5 Å². The number of nitrogens with zero attached hydrogens (tertiary/aromatic N) is 1. The normalized spacial score (nSPS) is 11.4. The monoisotopic (exact) mass is 344 g/mol. The molecule has 23 heavy (non-hydrogen) atoms. The molecule has 0 heterocycles. The zero-order valence-corrected chi connectivity index (χ0v) is 13.3. The second-order valence-electron chi connectivity index (χ2n) is 5.23. The van der Waals surface area contributed by atoms with Crippen LogP contribution in [0.1, 0.15) is 11.1 Å². The molecule has 2 aromatic carbocycles. The number of halogens is 4. The molecule has 0 aliphatic heterocycles. The first-order valence-electron chi connectivity index (χ1n) is 6.79. The van der Waals surface area contributed by atoms with Gasteiger partial charge < -0.3 is 15.3 Å². The fraction of sp³-hybridized carbons (Fsp3) is 0.250. The Hall–Kier alpha value is -2.08. The highest BCUT2D eigenvalue weighted by Crippen LogP contribution is 2.35. The summed E-state index contributed by atoms with van der Waals surface area (Å²) in [7, 11) is 3.49. The molecule has 3 nitrogen and oxygen atoms in total. The van der Waals surface area contributed by atoms with E-state index in [1.165, 1.54) is 12.1 Å². The van der Waals surface area contributed by atoms with E-state index in [4.69, 9.17) is 11.6 Å². The van der Waals surface area contributed by atoms with Crippen LogP contribution in [0.5, 0.6) is 5.75 Å². The Labute approximate surface area is 137 Å². The van der Waals surface area contributed by atoms with Gasteiger partial charge in [0.15, 0.2) is 0 Å². The summed E-state index contributed by atoms with van der Waals surface area (Å²) in [4.78, 5) is 1.71. The molecule has 0 atom stereocenters. The third kappa shape index (κ3) is 4.01. The molecule has 0 fully saturated rings. The Morgan fingerprint density at radius 1 is 1.17 bits per heavy atom. The molecule has 0 aliphatic carbocycles. The van der Waals surface area contributed by atoms with Crippen molar-refractivity contribution in [3.63, 3.8) is 0 Å². The highest BCUT2D eigenvalue weighted by molar-refractivity contribution is 6.32. The number of rotatable bonds is 4. The van der Waals surface area contributed by atoms with Crippen molar-refractivity contribution in [3.05, 3.63) is 52.5 Å². The molecule has 0 spiro atoms. The minimum atomic E-state index is -4.41. The summed E-state index contributed by atoms with van der Waals surface area (Å²) >= 11 is 5.99. The SMILES string of the molecule is CN(C)c1ccc(C(F)(F)F)cc1NCc1cccc(O)c1Cl. The lowest BCUT2D eigenvalue weighted by molar-refractivity contribution is -0.137. The number of alkyl halides is 3. The summed E-state index contributed by atoms with van der Waals surface area (Å²) in [6.07, 6.45) is -4.41. The maximum absolute atomic E-state index is 12.9. The predicted octanol–water partition coefficient (Wildman–Crippen LogP) is 4.74. The molecule has 7 heteroatoms. The van der Waals surface area contributed by atoms with Crippen LogP contribution >= 0.6 is 11.6 Å². The Morgan fingerprint density at radius 3 is 2.48 bits per heavy atom. The van der Waals surface area contributed by atoms with Crippen molar-refractivity contribution in [2.24, 2.45) is 0 Å². The fourth-order valence-electron chi connectivity index (χ4n) is 2.14. The summed E-state index contributed by atoms with van der Waals surface area (Å²) in [5.74, 6) is -0.0668. The van der Waals surface area contributed by atoms with E-state index >= 15 is 0 Å². The minimum absolute atomic E-state index is 0.0668. The van der Waals surface area contributed by atoms with Gasteiger partial charge in [-0.15, -0.1) is 0 Å². The highest BCUT2D eigenvalue weighted by atomic mass is 35.5. The van der Waals surface area contributed by atoms with Gasteiger partial charge >= 0.3 is 6.18 Å². The Morgan fingerprint density at radius 2 is 1.87 bits per heavy atom. The summed E-state index contributed by atoms with van der Waals surface area (Å²) in [6.45, 7) is 0.190. The number of phenolic OH excluding ortho intramolecular Hbond substituents is 1. The van der Waals surface area contributed by atoms with Crippen molar-refractivity contribution in [3.8, 4) is 5.75 Å². The Kier molecular flexibility index (Phi) is 4.94. The van der Waals surface area contributed by atoms with Gasteiger partial charge in [-0.25, -0.2) is 0 Å². The number of hydrogen-bond donors (Lipinski definition) is 2. The third-order valence-corrected chi connectivity index (χ3v) is 3.77. The second kappa shape index (κ2) is 6.58. The summed E-state index contributed by atoms with van der Waals surface area (Å²) in [5.41, 5.74) is 0.819. The zero-order valence-electron chi connectivity index (χ0n) is 12.6. The maximum Gasteiger partial charge on any atom is 0.416 e. The van der Waals surface area contributed by atoms with E-state index in [0.717, 1.165) is 12.1 Å². The molecular weight excluding hydrogens is 329 g/mol. The van der Waals surface area contributed by atoms with Crippen LogP contribution in [0.25, 0.3) is 0 Å². The van der Waals surface area contributed by atoms with Gasteiger partial charge in [-0.05, 0) is 29.8 Å². The molecule has 2 aromatic rings. The van der Waals surface area contributed by atoms with Crippen molar-refractivity contribution in [1.82, 2.24) is 0 Å². The number of aromatic hydroxyl groups is 1. The first-order chi connectivity index (χ1) is 10.7. The van der Waals surface area contributed by atoms with Gasteiger partial charge in [0, 0.05) is 20.6 Å². The average Bonchev–Trinajstić information content (AvgIpc) is 2.47. The lowest BCUT2D eigenvalue weighted by Gasteiger charge is -2.20. The van der Waals surface area contributed by atoms with Crippen LogP contribution in [0.15, 0.2) is 36.4 Å². The van der Waals surface area contributed by atoms with Crippen molar-refractivity contribution in [2.45, 2.75) is 12.7 Å². The maximum atomic E-state index is 12.9. The van der Waals surface area contributed by atoms with Gasteiger partial charge in [0.1, 0.15) is 5.75 Å². The van der Waals surface area contributed by atoms with Crippen LogP contribution in [0, 0.1) is 0 Å². The molecule has 2 rings (SSSR count). The van der Waals surface area contributed by atoms with Crippen LogP contribution < -0.4 is 10.2 Å². The van der Waals surface area contributed by atoms with Crippen LogP contribution in [0.3, 0.4) is 0 Å². The molecule has 0 saturated carbocycles. The van der Waals surface area contributed by atoms with Crippen LogP contribution in [-0.2, 0) is 12.7 Å². The van der Waals surface area contributed by atoms with Gasteiger partial charge in [0.2, 0.25) is 0 Å². The molecule has 0 radical (unpaired) electrons. The number of phenols is 1. The van der Waals surface area contributed by atoms with Crippen LogP contribution in [0.2, 0.25) is 5.02 Å². The lowest BCUT2D eigenvalue weighted by Crippen LogP contribution is -2.14. The summed E-state index contributed by atoms with van der Waals surface area (Å²) in [6, 6.07) is 8.28. The van der Waals surface area contributed by atoms with Gasteiger partial charge in [0.25, 0.3) is 0 Å². The first-order valence-corrected chi connectivity index (χ1v) is 7.16. The number of hydrogen-bond acceptors (Lipinski definition) is 3. The smallest absolute Gasteiger partial charge is 0.416 e. The predicted molar refractivity (Wildman–Crippen MR) is 86.2 cm³/mol. The van der Waals surface area contributed by atoms with Crippen molar-refractivity contribution < 1.29 is 18.3 Å². The van der Waals surface area contributed by atoms with E-state index in [1.807, 2.05) is 0 Å². The molecule has 2 N–H and O–H groups in total. The van der Waals surface area contributed by atoms with Gasteiger partial charge in [0.05, 0.1) is 22.0 Å². The van der Waals surface area contributed by atoms with E-state index in [0.29, 0.717) is 16.9 Å². The third-order valence-electron chi connectivity index (χ3n) is 3.33. The van der Waals surface area contributed by atoms with Crippen molar-refractivity contribution in [2.75, 3.05) is 24.3 Å². The summed E-state index contributed by atoms with van der Waals surface area (Å²) in [5, 5.41) is 12.7. The molecule has 124 valence electrons. The zero-order chi connectivity index (χ0) is 17.2. The quantitative estimate of drug-likeness (QED) is 0.840. The minimum Gasteiger partial charge on any atom is -0.506 e. The lowest BCUT2D eigenvalue weighted by atomic mass is 10.1. The van der Waals surface area contributed by atoms with E-state index in [-0.39, 0.29) is 17.3 Å². The average molecular weight is 345 g/mol. The Bertz CT molecular complexity index is 702. The summed E-state index contributed by atoms with van der Waals surface area (Å²) < 4.78 is 38.7. The van der Waals surface area contributed by atoms with E-state index in [1.54, 1.807) is 31.1 Å². The molecule has 0 aliphatic rings. The van der Waals surface area contributed by atoms with E-state index < -0.39 is 11.7 Å². The molecule has 0 amide bonds. The number of anilines is 2. The van der Waals surface area contributed by atoms with Crippen LogP contribution in [-0.4, -0.2) is 19.2 Å². The van der Waals surface area contributed by atoms with Crippen molar-refractivity contribution >= 4 is 23.0 Å². The molecule has 0 bridgehead atoms. The van der Waals surface area contributed by atoms with Crippen molar-refractivity contribution in [1.29, 1.82) is 0 Å². The second-order valence-corrected chi connectivity index (χ2v) is 5.61. The van der Waals surface area contributed by atoms with Crippen LogP contribution in [0.4, 0.5) is 24.5 Å². The van der Waals surface area contributed by atoms with Gasteiger partial charge in [-0.2, -0.15) is 13.2 Å². The first kappa shape index (κ1) is 17.3.